The molecule has 0 fully saturated rings. The lowest BCUT2D eigenvalue weighted by atomic mass is 9.91. The summed E-state index contributed by atoms with van der Waals surface area (Å²) in [5.41, 5.74) is 2.00. The molecule has 2 aromatic rings. The molecule has 0 saturated carbocycles. The summed E-state index contributed by atoms with van der Waals surface area (Å²) in [6, 6.07) is 6.04. The Hall–Kier alpha value is -2.16. The highest BCUT2D eigenvalue weighted by atomic mass is 19.1. The predicted octanol–water partition coefficient (Wildman–Crippen LogP) is 4.99. The number of halogens is 2. The van der Waals surface area contributed by atoms with Gasteiger partial charge in [0.05, 0.1) is 0 Å². The molecule has 0 aliphatic carbocycles. The molecule has 0 aromatic heterocycles. The molecule has 0 bridgehead atoms. The molecule has 2 rings (SSSR count). The highest BCUT2D eigenvalue weighted by Gasteiger charge is 2.21. The second kappa shape index (κ2) is 5.08. The molecule has 0 heterocycles. The molecule has 3 heteroatoms. The Morgan fingerprint density at radius 1 is 1.00 bits per heavy atom. The van der Waals surface area contributed by atoms with Gasteiger partial charge in [0.25, 0.3) is 0 Å². The summed E-state index contributed by atoms with van der Waals surface area (Å²) in [4.78, 5) is 0. The van der Waals surface area contributed by atoms with Crippen molar-refractivity contribution in [1.82, 2.24) is 0 Å². The van der Waals surface area contributed by atoms with Gasteiger partial charge in [0.1, 0.15) is 17.4 Å². The topological polar surface area (TPSA) is 20.2 Å². The normalized spacial score (nSPS) is 10.7. The van der Waals surface area contributed by atoms with Crippen molar-refractivity contribution in [3.8, 4) is 16.9 Å². The van der Waals surface area contributed by atoms with Crippen LogP contribution < -0.4 is 0 Å². The van der Waals surface area contributed by atoms with Crippen molar-refractivity contribution < 1.29 is 13.9 Å². The number of hydrogen-bond donors (Lipinski definition) is 1. The van der Waals surface area contributed by atoms with E-state index in [-0.39, 0.29) is 28.0 Å². The first-order valence-corrected chi connectivity index (χ1v) is 6.28. The van der Waals surface area contributed by atoms with Gasteiger partial charge in [-0.3, -0.25) is 0 Å². The molecule has 0 aliphatic heterocycles. The largest absolute Gasteiger partial charge is 0.508 e. The van der Waals surface area contributed by atoms with Crippen LogP contribution >= 0.6 is 0 Å². The summed E-state index contributed by atoms with van der Waals surface area (Å²) in [5, 5.41) is 9.29. The van der Waals surface area contributed by atoms with Crippen LogP contribution in [0.1, 0.15) is 23.6 Å². The number of aromatic hydroxyl groups is 1. The Kier molecular flexibility index (Phi) is 3.62. The fourth-order valence-electron chi connectivity index (χ4n) is 2.40. The van der Waals surface area contributed by atoms with Crippen molar-refractivity contribution in [3.63, 3.8) is 0 Å². The van der Waals surface area contributed by atoms with Crippen molar-refractivity contribution in [3.05, 3.63) is 59.2 Å². The number of hydrogen-bond acceptors (Lipinski definition) is 1. The minimum Gasteiger partial charge on any atom is -0.508 e. The van der Waals surface area contributed by atoms with Gasteiger partial charge < -0.3 is 5.11 Å². The molecular weight excluding hydrogens is 258 g/mol. The SMILES string of the molecule is C=C(C)c1c(C)c(F)c(-c2ccc(O)cc2)c(C)c1F. The minimum atomic E-state index is -0.451. The van der Waals surface area contributed by atoms with E-state index in [0.717, 1.165) is 0 Å². The molecule has 0 saturated heterocycles. The van der Waals surface area contributed by atoms with Crippen LogP contribution in [0, 0.1) is 25.5 Å². The van der Waals surface area contributed by atoms with Gasteiger partial charge in [-0.25, -0.2) is 8.78 Å². The van der Waals surface area contributed by atoms with Crippen LogP contribution in [0.25, 0.3) is 16.7 Å². The third-order valence-electron chi connectivity index (χ3n) is 3.43. The second-order valence-corrected chi connectivity index (χ2v) is 4.96. The van der Waals surface area contributed by atoms with E-state index in [1.165, 1.54) is 12.1 Å². The summed E-state index contributed by atoms with van der Waals surface area (Å²) in [6.07, 6.45) is 0. The average molecular weight is 274 g/mol. The van der Waals surface area contributed by atoms with Crippen LogP contribution in [0.15, 0.2) is 30.8 Å². The molecule has 1 N–H and O–H groups in total. The number of benzene rings is 2. The number of rotatable bonds is 2. The van der Waals surface area contributed by atoms with Gasteiger partial charge in [-0.1, -0.05) is 18.7 Å². The third kappa shape index (κ3) is 2.20. The fraction of sp³-hybridized carbons (Fsp3) is 0.176. The van der Waals surface area contributed by atoms with Gasteiger partial charge in [-0.05, 0) is 55.2 Å². The first-order chi connectivity index (χ1) is 9.34. The molecule has 0 atom stereocenters. The van der Waals surface area contributed by atoms with E-state index >= 15 is 0 Å². The van der Waals surface area contributed by atoms with E-state index in [9.17, 15) is 13.9 Å². The molecule has 1 nitrogen and oxygen atoms in total. The lowest BCUT2D eigenvalue weighted by Crippen LogP contribution is -2.03. The first kappa shape index (κ1) is 14.3. The maximum absolute atomic E-state index is 14.6. The summed E-state index contributed by atoms with van der Waals surface area (Å²) < 4.78 is 29.0. The van der Waals surface area contributed by atoms with Crippen LogP contribution in [0.5, 0.6) is 5.75 Å². The molecule has 0 aliphatic rings. The maximum atomic E-state index is 14.6. The molecule has 20 heavy (non-hydrogen) atoms. The summed E-state index contributed by atoms with van der Waals surface area (Å²) in [7, 11) is 0. The van der Waals surface area contributed by atoms with E-state index in [0.29, 0.717) is 11.1 Å². The van der Waals surface area contributed by atoms with Gasteiger partial charge in [0.15, 0.2) is 0 Å². The lowest BCUT2D eigenvalue weighted by Gasteiger charge is -2.16. The monoisotopic (exact) mass is 274 g/mol. The van der Waals surface area contributed by atoms with E-state index in [2.05, 4.69) is 6.58 Å². The minimum absolute atomic E-state index is 0.0857. The van der Waals surface area contributed by atoms with Crippen LogP contribution in [0.2, 0.25) is 0 Å². The number of phenols is 1. The lowest BCUT2D eigenvalue weighted by molar-refractivity contribution is 0.475. The number of allylic oxidation sites excluding steroid dienone is 1. The zero-order valence-corrected chi connectivity index (χ0v) is 11.7. The Bertz CT molecular complexity index is 656. The molecule has 0 radical (unpaired) electrons. The molecule has 2 aromatic carbocycles. The van der Waals surface area contributed by atoms with Gasteiger partial charge in [0, 0.05) is 11.1 Å². The van der Waals surface area contributed by atoms with Crippen molar-refractivity contribution in [2.75, 3.05) is 0 Å². The van der Waals surface area contributed by atoms with E-state index < -0.39 is 11.6 Å². The van der Waals surface area contributed by atoms with Crippen LogP contribution in [-0.2, 0) is 0 Å². The van der Waals surface area contributed by atoms with Gasteiger partial charge in [0.2, 0.25) is 0 Å². The van der Waals surface area contributed by atoms with E-state index in [1.807, 2.05) is 0 Å². The average Bonchev–Trinajstić information content (AvgIpc) is 2.39. The highest BCUT2D eigenvalue weighted by Crippen LogP contribution is 2.35. The summed E-state index contributed by atoms with van der Waals surface area (Å²) in [6.45, 7) is 8.46. The number of phenolic OH excluding ortho intramolecular Hbond substituents is 1. The molecule has 0 unspecified atom stereocenters. The Labute approximate surface area is 117 Å². The van der Waals surface area contributed by atoms with Crippen LogP contribution in [0.4, 0.5) is 8.78 Å². The third-order valence-corrected chi connectivity index (χ3v) is 3.43. The molecule has 0 amide bonds. The smallest absolute Gasteiger partial charge is 0.135 e. The van der Waals surface area contributed by atoms with E-state index in [1.54, 1.807) is 32.9 Å². The Balaban J connectivity index is 2.79. The van der Waals surface area contributed by atoms with E-state index in [4.69, 9.17) is 0 Å². The second-order valence-electron chi connectivity index (χ2n) is 4.96. The fourth-order valence-corrected chi connectivity index (χ4v) is 2.40. The maximum Gasteiger partial charge on any atom is 0.135 e. The summed E-state index contributed by atoms with van der Waals surface area (Å²) >= 11 is 0. The predicted molar refractivity (Wildman–Crippen MR) is 77.6 cm³/mol. The molecule has 104 valence electrons. The standard InChI is InChI=1S/C17H16F2O/c1-9(2)14-10(3)17(19)15(11(4)16(14)18)12-5-7-13(20)8-6-12/h5-8,20H,1H2,2-4H3. The highest BCUT2D eigenvalue weighted by molar-refractivity contribution is 5.75. The van der Waals surface area contributed by atoms with Crippen LogP contribution in [-0.4, -0.2) is 5.11 Å². The molecule has 0 spiro atoms. The zero-order chi connectivity index (χ0) is 15.0. The Morgan fingerprint density at radius 3 is 2.05 bits per heavy atom. The first-order valence-electron chi connectivity index (χ1n) is 6.28. The summed E-state index contributed by atoms with van der Waals surface area (Å²) in [5.74, 6) is -0.811. The zero-order valence-electron chi connectivity index (χ0n) is 11.7. The Morgan fingerprint density at radius 2 is 1.55 bits per heavy atom. The van der Waals surface area contributed by atoms with Crippen LogP contribution in [0.3, 0.4) is 0 Å². The molecular formula is C17H16F2O. The van der Waals surface area contributed by atoms with Gasteiger partial charge >= 0.3 is 0 Å². The van der Waals surface area contributed by atoms with Crippen molar-refractivity contribution in [2.45, 2.75) is 20.8 Å². The van der Waals surface area contributed by atoms with Gasteiger partial charge in [-0.2, -0.15) is 0 Å². The van der Waals surface area contributed by atoms with Crippen molar-refractivity contribution in [1.29, 1.82) is 0 Å². The van der Waals surface area contributed by atoms with Crippen molar-refractivity contribution >= 4 is 5.57 Å². The van der Waals surface area contributed by atoms with Gasteiger partial charge in [-0.15, -0.1) is 0 Å². The quantitative estimate of drug-likeness (QED) is 0.818. The van der Waals surface area contributed by atoms with Crippen molar-refractivity contribution in [2.24, 2.45) is 0 Å².